The molecule has 114 valence electrons. The van der Waals surface area contributed by atoms with E-state index in [9.17, 15) is 23.3 Å². The number of nitrogen functional groups attached to an aromatic ring is 1. The Morgan fingerprint density at radius 3 is 2.48 bits per heavy atom. The number of piperazine rings is 1. The Kier molecular flexibility index (Phi) is 4.04. The van der Waals surface area contributed by atoms with Crippen LogP contribution in [0.1, 0.15) is 0 Å². The zero-order chi connectivity index (χ0) is 15.6. The van der Waals surface area contributed by atoms with Gasteiger partial charge >= 0.3 is 5.69 Å². The second-order valence-corrected chi connectivity index (χ2v) is 6.32. The third-order valence-corrected chi connectivity index (χ3v) is 4.99. The summed E-state index contributed by atoms with van der Waals surface area (Å²) in [6.07, 6.45) is 1.64. The third kappa shape index (κ3) is 2.92. The van der Waals surface area contributed by atoms with Crippen molar-refractivity contribution in [3.05, 3.63) is 22.4 Å². The molecule has 0 spiro atoms. The number of anilines is 1. The summed E-state index contributed by atoms with van der Waals surface area (Å²) in [4.78, 5) is 25.3. The molecule has 0 aliphatic carbocycles. The summed E-state index contributed by atoms with van der Waals surface area (Å²) in [7, 11) is -3.90. The van der Waals surface area contributed by atoms with Crippen LogP contribution in [0, 0.1) is 10.1 Å². The van der Waals surface area contributed by atoms with Gasteiger partial charge in [-0.05, 0) is 0 Å². The number of nitrogens with two attached hydrogens (primary N) is 1. The number of pyridine rings is 1. The fraction of sp³-hybridized carbons (Fsp3) is 0.400. The number of sulfonamides is 1. The van der Waals surface area contributed by atoms with Crippen molar-refractivity contribution in [3.63, 3.8) is 0 Å². The van der Waals surface area contributed by atoms with Gasteiger partial charge in [0.05, 0.1) is 4.92 Å². The minimum absolute atomic E-state index is 0.124. The van der Waals surface area contributed by atoms with Crippen molar-refractivity contribution >= 4 is 27.9 Å². The Morgan fingerprint density at radius 1 is 1.33 bits per heavy atom. The summed E-state index contributed by atoms with van der Waals surface area (Å²) in [6.45, 7) is 0.791. The van der Waals surface area contributed by atoms with Crippen LogP contribution in [0.2, 0.25) is 0 Å². The summed E-state index contributed by atoms with van der Waals surface area (Å²) in [5, 5.41) is 10.8. The van der Waals surface area contributed by atoms with E-state index in [0.29, 0.717) is 6.41 Å². The predicted octanol–water partition coefficient (Wildman–Crippen LogP) is -0.965. The van der Waals surface area contributed by atoms with E-state index in [1.54, 1.807) is 0 Å². The molecule has 2 N–H and O–H groups in total. The molecule has 0 bridgehead atoms. The van der Waals surface area contributed by atoms with Crippen LogP contribution in [0.4, 0.5) is 11.5 Å². The third-order valence-electron chi connectivity index (χ3n) is 3.13. The first-order valence-corrected chi connectivity index (χ1v) is 7.39. The van der Waals surface area contributed by atoms with E-state index in [-0.39, 0.29) is 36.9 Å². The smallest absolute Gasteiger partial charge is 0.312 e. The number of amides is 1. The summed E-state index contributed by atoms with van der Waals surface area (Å²) < 4.78 is 25.9. The minimum Gasteiger partial charge on any atom is -0.378 e. The first-order valence-electron chi connectivity index (χ1n) is 5.95. The Bertz CT molecular complexity index is 668. The molecule has 0 unspecified atom stereocenters. The van der Waals surface area contributed by atoms with E-state index >= 15 is 0 Å². The topological polar surface area (TPSA) is 140 Å². The molecule has 2 heterocycles. The van der Waals surface area contributed by atoms with Crippen LogP contribution in [0.15, 0.2) is 17.2 Å². The van der Waals surface area contributed by atoms with Crippen molar-refractivity contribution < 1.29 is 18.1 Å². The van der Waals surface area contributed by atoms with Crippen LogP contribution < -0.4 is 5.73 Å². The fourth-order valence-electron chi connectivity index (χ4n) is 1.93. The SMILES string of the molecule is Nc1ncc(S(=O)(=O)N2CCN(C=O)CC2)cc1[N+](=O)[O-]. The van der Waals surface area contributed by atoms with Gasteiger partial charge in [-0.25, -0.2) is 13.4 Å². The summed E-state index contributed by atoms with van der Waals surface area (Å²) in [6, 6.07) is 0.893. The molecule has 2 rings (SSSR count). The highest BCUT2D eigenvalue weighted by Gasteiger charge is 2.30. The zero-order valence-corrected chi connectivity index (χ0v) is 11.7. The van der Waals surface area contributed by atoms with Crippen LogP contribution in [-0.4, -0.2) is 60.1 Å². The molecule has 0 aromatic carbocycles. The number of carbonyl (C=O) groups is 1. The molecular weight excluding hydrogens is 302 g/mol. The van der Waals surface area contributed by atoms with E-state index in [1.807, 2.05) is 0 Å². The molecule has 1 aliphatic rings. The first kappa shape index (κ1) is 15.1. The van der Waals surface area contributed by atoms with Gasteiger partial charge in [-0.3, -0.25) is 14.9 Å². The number of aromatic nitrogens is 1. The fourth-order valence-corrected chi connectivity index (χ4v) is 3.32. The Labute approximate surface area is 120 Å². The largest absolute Gasteiger partial charge is 0.378 e. The monoisotopic (exact) mass is 315 g/mol. The lowest BCUT2D eigenvalue weighted by molar-refractivity contribution is -0.384. The number of hydrogen-bond acceptors (Lipinski definition) is 7. The molecule has 11 heteroatoms. The molecule has 21 heavy (non-hydrogen) atoms. The Hall–Kier alpha value is -2.27. The van der Waals surface area contributed by atoms with Gasteiger partial charge in [-0.15, -0.1) is 0 Å². The molecule has 1 aromatic rings. The van der Waals surface area contributed by atoms with Gasteiger partial charge in [-0.2, -0.15) is 4.31 Å². The maximum atomic E-state index is 12.4. The van der Waals surface area contributed by atoms with Gasteiger partial charge in [0.15, 0.2) is 0 Å². The standard InChI is InChI=1S/C10H13N5O5S/c11-10-9(15(17)18)5-8(6-12-10)21(19,20)14-3-1-13(7-16)2-4-14/h5-7H,1-4H2,(H2,11,12). The molecule has 1 amide bonds. The summed E-state index contributed by atoms with van der Waals surface area (Å²) in [5.41, 5.74) is 4.79. The maximum absolute atomic E-state index is 12.4. The molecule has 1 saturated heterocycles. The van der Waals surface area contributed by atoms with E-state index in [0.717, 1.165) is 16.6 Å². The minimum atomic E-state index is -3.90. The van der Waals surface area contributed by atoms with Gasteiger partial charge in [0.25, 0.3) is 0 Å². The van der Waals surface area contributed by atoms with Gasteiger partial charge in [-0.1, -0.05) is 0 Å². The van der Waals surface area contributed by atoms with Crippen LogP contribution in [0.5, 0.6) is 0 Å². The highest BCUT2D eigenvalue weighted by atomic mass is 32.2. The summed E-state index contributed by atoms with van der Waals surface area (Å²) >= 11 is 0. The van der Waals surface area contributed by atoms with E-state index in [2.05, 4.69) is 4.98 Å². The molecule has 10 nitrogen and oxygen atoms in total. The van der Waals surface area contributed by atoms with Gasteiger partial charge < -0.3 is 10.6 Å². The average Bonchev–Trinajstić information content (AvgIpc) is 2.47. The van der Waals surface area contributed by atoms with E-state index < -0.39 is 20.6 Å². The normalized spacial score (nSPS) is 16.7. The Morgan fingerprint density at radius 2 is 1.95 bits per heavy atom. The molecule has 1 fully saturated rings. The second-order valence-electron chi connectivity index (χ2n) is 4.38. The van der Waals surface area contributed by atoms with Crippen molar-refractivity contribution in [3.8, 4) is 0 Å². The average molecular weight is 315 g/mol. The van der Waals surface area contributed by atoms with E-state index in [4.69, 9.17) is 5.73 Å². The maximum Gasteiger partial charge on any atom is 0.312 e. The molecule has 1 aromatic heterocycles. The van der Waals surface area contributed by atoms with E-state index in [1.165, 1.54) is 4.90 Å². The number of rotatable bonds is 4. The Balaban J connectivity index is 2.30. The van der Waals surface area contributed by atoms with Gasteiger partial charge in [0.1, 0.15) is 4.90 Å². The number of nitro groups is 1. The zero-order valence-electron chi connectivity index (χ0n) is 10.9. The number of nitrogens with zero attached hydrogens (tertiary/aromatic N) is 4. The van der Waals surface area contributed by atoms with Gasteiger partial charge in [0, 0.05) is 38.4 Å². The first-order chi connectivity index (χ1) is 9.86. The van der Waals surface area contributed by atoms with Crippen LogP contribution in [-0.2, 0) is 14.8 Å². The highest BCUT2D eigenvalue weighted by molar-refractivity contribution is 7.89. The highest BCUT2D eigenvalue weighted by Crippen LogP contribution is 2.24. The van der Waals surface area contributed by atoms with Crippen molar-refractivity contribution in [2.45, 2.75) is 4.90 Å². The predicted molar refractivity (Wildman–Crippen MR) is 71.7 cm³/mol. The van der Waals surface area contributed by atoms with Crippen molar-refractivity contribution in [2.75, 3.05) is 31.9 Å². The molecular formula is C10H13N5O5S. The van der Waals surface area contributed by atoms with Crippen LogP contribution >= 0.6 is 0 Å². The molecule has 1 aliphatic heterocycles. The molecule has 0 saturated carbocycles. The lowest BCUT2D eigenvalue weighted by Gasteiger charge is -2.31. The van der Waals surface area contributed by atoms with Crippen molar-refractivity contribution in [2.24, 2.45) is 0 Å². The number of carbonyl (C=O) groups excluding carboxylic acids is 1. The van der Waals surface area contributed by atoms with Crippen molar-refractivity contribution in [1.29, 1.82) is 0 Å². The van der Waals surface area contributed by atoms with Gasteiger partial charge in [0.2, 0.25) is 22.3 Å². The quantitative estimate of drug-likeness (QED) is 0.428. The lowest BCUT2D eigenvalue weighted by atomic mass is 10.4. The molecule has 0 radical (unpaired) electrons. The second kappa shape index (κ2) is 5.61. The molecule has 0 atom stereocenters. The van der Waals surface area contributed by atoms with Crippen LogP contribution in [0.3, 0.4) is 0 Å². The van der Waals surface area contributed by atoms with Crippen molar-refractivity contribution in [1.82, 2.24) is 14.2 Å². The summed E-state index contributed by atoms with van der Waals surface area (Å²) in [5.74, 6) is -0.343. The lowest BCUT2D eigenvalue weighted by Crippen LogP contribution is -2.48. The van der Waals surface area contributed by atoms with Crippen LogP contribution in [0.25, 0.3) is 0 Å². The number of hydrogen-bond donors (Lipinski definition) is 1.